The lowest BCUT2D eigenvalue weighted by Gasteiger charge is -2.24. The normalized spacial score (nSPS) is 22.0. The van der Waals surface area contributed by atoms with Gasteiger partial charge in [0, 0.05) is 11.3 Å². The van der Waals surface area contributed by atoms with E-state index < -0.39 is 6.23 Å². The van der Waals surface area contributed by atoms with Crippen LogP contribution in [-0.4, -0.2) is 21.4 Å². The molecule has 2 unspecified atom stereocenters. The molecule has 1 fully saturated rings. The molecule has 0 bridgehead atoms. The SMILES string of the molecule is OC1NC(=S)S/C1=C/c1ccc(N2N=C(c3ccccc3)CC2c2ccccc2)cc1. The van der Waals surface area contributed by atoms with E-state index in [0.29, 0.717) is 4.32 Å². The molecule has 0 amide bonds. The van der Waals surface area contributed by atoms with Crippen LogP contribution in [0.1, 0.15) is 29.2 Å². The summed E-state index contributed by atoms with van der Waals surface area (Å²) in [6, 6.07) is 29.3. The molecule has 6 heteroatoms. The lowest BCUT2D eigenvalue weighted by Crippen LogP contribution is -2.23. The monoisotopic (exact) mass is 443 g/mol. The Morgan fingerprint density at radius 3 is 2.29 bits per heavy atom. The number of nitrogens with one attached hydrogen (secondary N) is 1. The molecule has 0 radical (unpaired) electrons. The molecule has 2 aliphatic heterocycles. The van der Waals surface area contributed by atoms with E-state index in [1.165, 1.54) is 17.3 Å². The van der Waals surface area contributed by atoms with Crippen LogP contribution in [-0.2, 0) is 0 Å². The maximum Gasteiger partial charge on any atom is 0.158 e. The first-order valence-electron chi connectivity index (χ1n) is 10.1. The second kappa shape index (κ2) is 8.67. The van der Waals surface area contributed by atoms with Crippen molar-refractivity contribution in [2.75, 3.05) is 5.01 Å². The summed E-state index contributed by atoms with van der Waals surface area (Å²) in [5, 5.41) is 20.0. The van der Waals surface area contributed by atoms with E-state index in [9.17, 15) is 5.11 Å². The number of aliphatic hydroxyl groups is 1. The molecule has 1 saturated heterocycles. The first-order chi connectivity index (χ1) is 15.2. The van der Waals surface area contributed by atoms with E-state index in [-0.39, 0.29) is 6.04 Å². The van der Waals surface area contributed by atoms with Crippen molar-refractivity contribution in [2.24, 2.45) is 5.10 Å². The lowest BCUT2D eigenvalue weighted by molar-refractivity contribution is 0.211. The molecule has 0 aliphatic carbocycles. The number of benzene rings is 3. The molecule has 2 aliphatic rings. The predicted molar refractivity (Wildman–Crippen MR) is 133 cm³/mol. The molecule has 0 aromatic heterocycles. The first kappa shape index (κ1) is 20.0. The molecule has 31 heavy (non-hydrogen) atoms. The third-order valence-corrected chi connectivity index (χ3v) is 6.65. The van der Waals surface area contributed by atoms with Gasteiger partial charge in [-0.05, 0) is 34.9 Å². The Balaban J connectivity index is 1.46. The molecule has 3 aromatic rings. The minimum Gasteiger partial charge on any atom is -0.369 e. The molecule has 2 heterocycles. The van der Waals surface area contributed by atoms with Gasteiger partial charge in [-0.1, -0.05) is 96.8 Å². The zero-order valence-corrected chi connectivity index (χ0v) is 18.3. The summed E-state index contributed by atoms with van der Waals surface area (Å²) < 4.78 is 0.598. The average Bonchev–Trinajstić information content (AvgIpc) is 3.39. The van der Waals surface area contributed by atoms with Gasteiger partial charge in [0.1, 0.15) is 4.32 Å². The lowest BCUT2D eigenvalue weighted by atomic mass is 9.98. The maximum atomic E-state index is 10.0. The number of hydrogen-bond acceptors (Lipinski definition) is 5. The summed E-state index contributed by atoms with van der Waals surface area (Å²) >= 11 is 6.52. The summed E-state index contributed by atoms with van der Waals surface area (Å²) in [6.45, 7) is 0. The Hall–Kier alpha value is -2.93. The second-order valence-electron chi connectivity index (χ2n) is 7.46. The zero-order valence-electron chi connectivity index (χ0n) is 16.7. The summed E-state index contributed by atoms with van der Waals surface area (Å²) in [4.78, 5) is 0.811. The van der Waals surface area contributed by atoms with Gasteiger partial charge in [0.05, 0.1) is 17.4 Å². The number of rotatable bonds is 4. The van der Waals surface area contributed by atoms with Crippen molar-refractivity contribution in [3.05, 3.63) is 107 Å². The van der Waals surface area contributed by atoms with Gasteiger partial charge in [-0.3, -0.25) is 5.01 Å². The van der Waals surface area contributed by atoms with Gasteiger partial charge in [-0.2, -0.15) is 5.10 Å². The number of nitrogens with zero attached hydrogens (tertiary/aromatic N) is 2. The van der Waals surface area contributed by atoms with E-state index in [1.54, 1.807) is 0 Å². The van der Waals surface area contributed by atoms with Crippen molar-refractivity contribution in [3.8, 4) is 0 Å². The molecule has 4 nitrogen and oxygen atoms in total. The quantitative estimate of drug-likeness (QED) is 0.534. The van der Waals surface area contributed by atoms with Gasteiger partial charge in [-0.15, -0.1) is 0 Å². The molecule has 0 spiro atoms. The van der Waals surface area contributed by atoms with Gasteiger partial charge in [-0.25, -0.2) is 0 Å². The summed E-state index contributed by atoms with van der Waals surface area (Å²) in [5.41, 5.74) is 5.54. The van der Waals surface area contributed by atoms with Crippen LogP contribution >= 0.6 is 24.0 Å². The summed E-state index contributed by atoms with van der Waals surface area (Å²) in [7, 11) is 0. The smallest absolute Gasteiger partial charge is 0.158 e. The van der Waals surface area contributed by atoms with Crippen molar-refractivity contribution in [2.45, 2.75) is 18.7 Å². The number of aliphatic hydroxyl groups excluding tert-OH is 1. The predicted octanol–water partition coefficient (Wildman–Crippen LogP) is 5.32. The molecular formula is C25H21N3OS2. The van der Waals surface area contributed by atoms with Crippen LogP contribution in [0.4, 0.5) is 5.69 Å². The van der Waals surface area contributed by atoms with E-state index in [1.807, 2.05) is 18.2 Å². The molecule has 5 rings (SSSR count). The molecule has 2 atom stereocenters. The molecule has 2 N–H and O–H groups in total. The highest BCUT2D eigenvalue weighted by Gasteiger charge is 2.29. The topological polar surface area (TPSA) is 47.9 Å². The van der Waals surface area contributed by atoms with E-state index in [2.05, 4.69) is 83.1 Å². The highest BCUT2D eigenvalue weighted by molar-refractivity contribution is 8.26. The average molecular weight is 444 g/mol. The maximum absolute atomic E-state index is 10.0. The van der Waals surface area contributed by atoms with Gasteiger partial charge in [0.15, 0.2) is 6.23 Å². The van der Waals surface area contributed by atoms with Gasteiger partial charge in [0.25, 0.3) is 0 Å². The van der Waals surface area contributed by atoms with Crippen LogP contribution in [0.25, 0.3) is 6.08 Å². The Labute approximate surface area is 191 Å². The Bertz CT molecular complexity index is 1140. The number of hydrazone groups is 1. The third-order valence-electron chi connectivity index (χ3n) is 5.40. The minimum absolute atomic E-state index is 0.148. The fourth-order valence-electron chi connectivity index (χ4n) is 3.86. The van der Waals surface area contributed by atoms with Crippen LogP contribution in [0.2, 0.25) is 0 Å². The number of hydrogen-bond donors (Lipinski definition) is 2. The molecule has 3 aromatic carbocycles. The van der Waals surface area contributed by atoms with Crippen LogP contribution in [0, 0.1) is 0 Å². The van der Waals surface area contributed by atoms with Crippen LogP contribution in [0.15, 0.2) is 94.9 Å². The summed E-state index contributed by atoms with van der Waals surface area (Å²) in [6.07, 6.45) is 2.09. The van der Waals surface area contributed by atoms with Gasteiger partial charge in [0.2, 0.25) is 0 Å². The van der Waals surface area contributed by atoms with Crippen molar-refractivity contribution in [1.29, 1.82) is 0 Å². The first-order valence-corrected chi connectivity index (χ1v) is 11.3. The Morgan fingerprint density at radius 1 is 0.968 bits per heavy atom. The fraction of sp³-hybridized carbons (Fsp3) is 0.120. The molecular weight excluding hydrogens is 422 g/mol. The Kier molecular flexibility index (Phi) is 5.59. The van der Waals surface area contributed by atoms with E-state index >= 15 is 0 Å². The van der Waals surface area contributed by atoms with Crippen LogP contribution < -0.4 is 10.3 Å². The summed E-state index contributed by atoms with van der Waals surface area (Å²) in [5.74, 6) is 0. The highest BCUT2D eigenvalue weighted by Crippen LogP contribution is 2.37. The number of anilines is 1. The standard InChI is InChI=1S/C25H21N3OS2/c29-24-23(31-25(30)26-24)15-17-11-13-20(14-12-17)28-22(19-9-5-2-6-10-19)16-21(27-28)18-7-3-1-4-8-18/h1-15,22,24,29H,16H2,(H,26,30)/b23-15+. The van der Waals surface area contributed by atoms with Gasteiger partial charge >= 0.3 is 0 Å². The minimum atomic E-state index is -0.726. The largest absolute Gasteiger partial charge is 0.369 e. The Morgan fingerprint density at radius 2 is 1.65 bits per heavy atom. The molecule has 0 saturated carbocycles. The highest BCUT2D eigenvalue weighted by atomic mass is 32.2. The van der Waals surface area contributed by atoms with Crippen LogP contribution in [0.5, 0.6) is 0 Å². The number of thiocarbonyl (C=S) groups is 1. The van der Waals surface area contributed by atoms with E-state index in [0.717, 1.165) is 33.9 Å². The number of thioether (sulfide) groups is 1. The zero-order chi connectivity index (χ0) is 21.2. The van der Waals surface area contributed by atoms with Crippen molar-refractivity contribution in [3.63, 3.8) is 0 Å². The third kappa shape index (κ3) is 4.28. The van der Waals surface area contributed by atoms with Crippen molar-refractivity contribution in [1.82, 2.24) is 5.32 Å². The fourth-order valence-corrected chi connectivity index (χ4v) is 5.01. The van der Waals surface area contributed by atoms with Crippen molar-refractivity contribution >= 4 is 45.8 Å². The van der Waals surface area contributed by atoms with Crippen molar-refractivity contribution < 1.29 is 5.11 Å². The van der Waals surface area contributed by atoms with Crippen LogP contribution in [0.3, 0.4) is 0 Å². The second-order valence-corrected chi connectivity index (χ2v) is 9.21. The molecule has 154 valence electrons. The van der Waals surface area contributed by atoms with Gasteiger partial charge < -0.3 is 10.4 Å². The van der Waals surface area contributed by atoms with E-state index in [4.69, 9.17) is 17.3 Å².